The first-order chi connectivity index (χ1) is 8.75. The molecule has 0 aromatic heterocycles. The molecule has 0 saturated heterocycles. The van der Waals surface area contributed by atoms with E-state index in [0.29, 0.717) is 0 Å². The van der Waals surface area contributed by atoms with Crippen molar-refractivity contribution >= 4 is 40.8 Å². The Hall–Kier alpha value is -1.47. The Morgan fingerprint density at radius 3 is 2.42 bits per heavy atom. The monoisotopic (exact) mass is 314 g/mol. The van der Waals surface area contributed by atoms with Crippen LogP contribution in [0.25, 0.3) is 0 Å². The minimum Gasteiger partial charge on any atom is -0.306 e. The Balaban J connectivity index is 3.00. The van der Waals surface area contributed by atoms with Gasteiger partial charge >= 0.3 is 12.2 Å². The summed E-state index contributed by atoms with van der Waals surface area (Å²) < 4.78 is 38.1. The standard InChI is InChI=1S/C10H7Cl2F3N2O2/c11-4-7(18)16-9(19)17-8-5(10(13,14)15)2-1-3-6(8)12/h1-3H,4H2,(H2,16,17,18,19). The van der Waals surface area contributed by atoms with E-state index < -0.39 is 35.2 Å². The number of carbonyl (C=O) groups excluding carboxylic acids is 2. The minimum absolute atomic E-state index is 0.303. The van der Waals surface area contributed by atoms with Crippen LogP contribution in [0.5, 0.6) is 0 Å². The average Bonchev–Trinajstić information content (AvgIpc) is 2.30. The van der Waals surface area contributed by atoms with Crippen molar-refractivity contribution in [2.45, 2.75) is 6.18 Å². The molecular weight excluding hydrogens is 308 g/mol. The highest BCUT2D eigenvalue weighted by molar-refractivity contribution is 6.34. The third-order valence-corrected chi connectivity index (χ3v) is 2.49. The molecule has 104 valence electrons. The van der Waals surface area contributed by atoms with Gasteiger partial charge in [0, 0.05) is 0 Å². The lowest BCUT2D eigenvalue weighted by Gasteiger charge is -2.15. The number of urea groups is 1. The zero-order chi connectivity index (χ0) is 14.6. The number of para-hydroxylation sites is 1. The van der Waals surface area contributed by atoms with E-state index >= 15 is 0 Å². The zero-order valence-corrected chi connectivity index (χ0v) is 10.7. The smallest absolute Gasteiger partial charge is 0.306 e. The van der Waals surface area contributed by atoms with Gasteiger partial charge in [-0.25, -0.2) is 4.79 Å². The second-order valence-electron chi connectivity index (χ2n) is 3.30. The Morgan fingerprint density at radius 2 is 1.89 bits per heavy atom. The van der Waals surface area contributed by atoms with E-state index in [0.717, 1.165) is 12.1 Å². The quantitative estimate of drug-likeness (QED) is 0.823. The number of rotatable bonds is 2. The first kappa shape index (κ1) is 15.6. The molecule has 0 spiro atoms. The van der Waals surface area contributed by atoms with Crippen molar-refractivity contribution in [3.63, 3.8) is 0 Å². The molecule has 0 bridgehead atoms. The molecule has 0 heterocycles. The summed E-state index contributed by atoms with van der Waals surface area (Å²) in [7, 11) is 0. The molecule has 1 aromatic carbocycles. The molecule has 19 heavy (non-hydrogen) atoms. The molecule has 1 aromatic rings. The SMILES string of the molecule is O=C(CCl)NC(=O)Nc1c(Cl)cccc1C(F)(F)F. The maximum Gasteiger partial charge on any atom is 0.418 e. The summed E-state index contributed by atoms with van der Waals surface area (Å²) in [6, 6.07) is 1.88. The Bertz CT molecular complexity index is 506. The lowest BCUT2D eigenvalue weighted by atomic mass is 10.1. The summed E-state index contributed by atoms with van der Waals surface area (Å²) in [4.78, 5) is 22.1. The molecule has 3 amide bonds. The fourth-order valence-electron chi connectivity index (χ4n) is 1.19. The largest absolute Gasteiger partial charge is 0.418 e. The van der Waals surface area contributed by atoms with Gasteiger partial charge in [-0.15, -0.1) is 11.6 Å². The van der Waals surface area contributed by atoms with Crippen LogP contribution in [0.1, 0.15) is 5.56 Å². The number of hydrogen-bond acceptors (Lipinski definition) is 2. The Kier molecular flexibility index (Phi) is 5.02. The van der Waals surface area contributed by atoms with Crippen molar-refractivity contribution in [3.05, 3.63) is 28.8 Å². The molecule has 9 heteroatoms. The van der Waals surface area contributed by atoms with Gasteiger partial charge in [0.1, 0.15) is 5.88 Å². The number of halogens is 5. The molecule has 0 radical (unpaired) electrons. The van der Waals surface area contributed by atoms with Crippen molar-refractivity contribution in [3.8, 4) is 0 Å². The van der Waals surface area contributed by atoms with Gasteiger partial charge in [0.2, 0.25) is 5.91 Å². The van der Waals surface area contributed by atoms with Gasteiger partial charge in [-0.2, -0.15) is 13.2 Å². The van der Waals surface area contributed by atoms with Crippen molar-refractivity contribution in [1.29, 1.82) is 0 Å². The molecule has 0 saturated carbocycles. The second kappa shape index (κ2) is 6.12. The highest BCUT2D eigenvalue weighted by Gasteiger charge is 2.34. The van der Waals surface area contributed by atoms with Gasteiger partial charge in [0.15, 0.2) is 0 Å². The predicted molar refractivity (Wildman–Crippen MR) is 64.3 cm³/mol. The van der Waals surface area contributed by atoms with E-state index in [1.165, 1.54) is 6.07 Å². The third kappa shape index (κ3) is 4.29. The van der Waals surface area contributed by atoms with Gasteiger partial charge in [-0.1, -0.05) is 17.7 Å². The van der Waals surface area contributed by atoms with E-state index in [1.54, 1.807) is 5.32 Å². The predicted octanol–water partition coefficient (Wildman–Crippen LogP) is 3.25. The van der Waals surface area contributed by atoms with Crippen LogP contribution in [-0.4, -0.2) is 17.8 Å². The second-order valence-corrected chi connectivity index (χ2v) is 3.97. The van der Waals surface area contributed by atoms with E-state index in [2.05, 4.69) is 0 Å². The maximum absolute atomic E-state index is 12.7. The summed E-state index contributed by atoms with van der Waals surface area (Å²) in [5, 5.41) is 3.30. The number of imide groups is 1. The van der Waals surface area contributed by atoms with Crippen LogP contribution in [-0.2, 0) is 11.0 Å². The number of anilines is 1. The molecular formula is C10H7Cl2F3N2O2. The summed E-state index contributed by atoms with van der Waals surface area (Å²) in [6.45, 7) is 0. The van der Waals surface area contributed by atoms with Crippen molar-refractivity contribution in [1.82, 2.24) is 5.32 Å². The third-order valence-electron chi connectivity index (χ3n) is 1.93. The Morgan fingerprint density at radius 1 is 1.26 bits per heavy atom. The van der Waals surface area contributed by atoms with Gasteiger partial charge in [0.05, 0.1) is 16.3 Å². The van der Waals surface area contributed by atoms with E-state index in [4.69, 9.17) is 23.2 Å². The number of amides is 3. The zero-order valence-electron chi connectivity index (χ0n) is 9.15. The summed E-state index contributed by atoms with van der Waals surface area (Å²) in [5.74, 6) is -1.35. The van der Waals surface area contributed by atoms with E-state index in [-0.39, 0.29) is 5.02 Å². The van der Waals surface area contributed by atoms with Crippen molar-refractivity contribution < 1.29 is 22.8 Å². The van der Waals surface area contributed by atoms with Crippen LogP contribution in [0.3, 0.4) is 0 Å². The molecule has 2 N–H and O–H groups in total. The Labute approximate surface area is 115 Å². The van der Waals surface area contributed by atoms with Crippen molar-refractivity contribution in [2.75, 3.05) is 11.2 Å². The molecule has 0 fully saturated rings. The first-order valence-electron chi connectivity index (χ1n) is 4.78. The van der Waals surface area contributed by atoms with Crippen molar-refractivity contribution in [2.24, 2.45) is 0 Å². The molecule has 0 atom stereocenters. The van der Waals surface area contributed by atoms with Crippen LogP contribution in [0, 0.1) is 0 Å². The fraction of sp³-hybridized carbons (Fsp3) is 0.200. The van der Waals surface area contributed by atoms with Gasteiger partial charge in [-0.3, -0.25) is 10.1 Å². The van der Waals surface area contributed by atoms with Gasteiger partial charge in [0.25, 0.3) is 0 Å². The minimum atomic E-state index is -4.69. The average molecular weight is 315 g/mol. The first-order valence-corrected chi connectivity index (χ1v) is 5.69. The highest BCUT2D eigenvalue weighted by atomic mass is 35.5. The molecule has 0 aliphatic heterocycles. The summed E-state index contributed by atoms with van der Waals surface area (Å²) in [5.41, 5.74) is -1.75. The van der Waals surface area contributed by atoms with Crippen LogP contribution in [0.15, 0.2) is 18.2 Å². The topological polar surface area (TPSA) is 58.2 Å². The molecule has 0 unspecified atom stereocenters. The lowest BCUT2D eigenvalue weighted by molar-refractivity contribution is -0.136. The molecule has 1 rings (SSSR count). The number of alkyl halides is 4. The highest BCUT2D eigenvalue weighted by Crippen LogP contribution is 2.38. The summed E-state index contributed by atoms with van der Waals surface area (Å²) >= 11 is 10.7. The van der Waals surface area contributed by atoms with Crippen LogP contribution >= 0.6 is 23.2 Å². The normalized spacial score (nSPS) is 11.0. The van der Waals surface area contributed by atoms with Crippen LogP contribution < -0.4 is 10.6 Å². The fourth-order valence-corrected chi connectivity index (χ4v) is 1.48. The van der Waals surface area contributed by atoms with Gasteiger partial charge < -0.3 is 5.32 Å². The summed E-state index contributed by atoms with van der Waals surface area (Å²) in [6.07, 6.45) is -4.69. The molecule has 0 aliphatic rings. The van der Waals surface area contributed by atoms with Crippen LogP contribution in [0.2, 0.25) is 5.02 Å². The number of nitrogens with one attached hydrogen (secondary N) is 2. The van der Waals surface area contributed by atoms with E-state index in [9.17, 15) is 22.8 Å². The molecule has 0 aliphatic carbocycles. The van der Waals surface area contributed by atoms with E-state index in [1.807, 2.05) is 5.32 Å². The van der Waals surface area contributed by atoms with Crippen LogP contribution in [0.4, 0.5) is 23.7 Å². The number of carbonyl (C=O) groups is 2. The number of hydrogen-bond donors (Lipinski definition) is 2. The van der Waals surface area contributed by atoms with Gasteiger partial charge in [-0.05, 0) is 12.1 Å². The number of benzene rings is 1. The maximum atomic E-state index is 12.7. The molecule has 4 nitrogen and oxygen atoms in total. The lowest BCUT2D eigenvalue weighted by Crippen LogP contribution is -2.35.